The molecule has 0 spiro atoms. The van der Waals surface area contributed by atoms with Crippen LogP contribution in [0.25, 0.3) is 11.0 Å². The number of carbonyl (C=O) groups is 1. The summed E-state index contributed by atoms with van der Waals surface area (Å²) < 4.78 is 2.07. The van der Waals surface area contributed by atoms with E-state index in [9.17, 15) is 4.79 Å². The molecule has 2 aromatic rings. The van der Waals surface area contributed by atoms with E-state index in [1.54, 1.807) is 11.1 Å². The quantitative estimate of drug-likeness (QED) is 0.538. The lowest BCUT2D eigenvalue weighted by atomic mass is 9.85. The van der Waals surface area contributed by atoms with Crippen molar-refractivity contribution < 1.29 is 4.79 Å². The Hall–Kier alpha value is -3.20. The molecule has 0 unspecified atom stereocenters. The van der Waals surface area contributed by atoms with Crippen molar-refractivity contribution in [3.63, 3.8) is 0 Å². The summed E-state index contributed by atoms with van der Waals surface area (Å²) >= 11 is 0. The topological polar surface area (TPSA) is 90.7 Å². The molecule has 9 heteroatoms. The van der Waals surface area contributed by atoms with Gasteiger partial charge in [-0.2, -0.15) is 4.98 Å². The number of hydrogen-bond donors (Lipinski definition) is 2. The number of rotatable bonds is 5. The largest absolute Gasteiger partial charge is 0.372 e. The number of piperazine rings is 1. The Balaban J connectivity index is 1.65. The molecule has 0 saturated carbocycles. The van der Waals surface area contributed by atoms with E-state index in [0.29, 0.717) is 24.0 Å². The minimum Gasteiger partial charge on any atom is -0.372 e. The van der Waals surface area contributed by atoms with Crippen LogP contribution in [0.15, 0.2) is 40.9 Å². The second kappa shape index (κ2) is 8.97. The maximum Gasteiger partial charge on any atom is 0.270 e. The van der Waals surface area contributed by atoms with E-state index in [2.05, 4.69) is 64.5 Å². The first-order valence-electron chi connectivity index (χ1n) is 11.4. The highest BCUT2D eigenvalue weighted by Gasteiger charge is 2.37. The van der Waals surface area contributed by atoms with Crippen molar-refractivity contribution >= 4 is 29.6 Å². The number of amides is 1. The molecule has 9 nitrogen and oxygen atoms in total. The summed E-state index contributed by atoms with van der Waals surface area (Å²) in [4.78, 5) is 30.3. The number of fused-ring (bicyclic) bond motifs is 3. The average molecular weight is 451 g/mol. The SMILES string of the molecule is C=N/C(=C\C=C(/C)N1CCNCC1)Nc1ncc2cc3n(c2n1)[C@@H](C(C)(C)C)CN(C)C3=O. The smallest absolute Gasteiger partial charge is 0.270 e. The van der Waals surface area contributed by atoms with E-state index in [4.69, 9.17) is 4.98 Å². The molecule has 2 aliphatic rings. The maximum atomic E-state index is 12.8. The van der Waals surface area contributed by atoms with Gasteiger partial charge in [-0.05, 0) is 37.3 Å². The first-order valence-corrected chi connectivity index (χ1v) is 11.4. The van der Waals surface area contributed by atoms with Gasteiger partial charge >= 0.3 is 0 Å². The van der Waals surface area contributed by atoms with E-state index in [-0.39, 0.29) is 17.4 Å². The first-order chi connectivity index (χ1) is 15.7. The fourth-order valence-corrected chi connectivity index (χ4v) is 4.40. The van der Waals surface area contributed by atoms with Crippen molar-refractivity contribution in [3.05, 3.63) is 41.6 Å². The standard InChI is InChI=1S/C24H34N8O/c1-16(31-11-9-26-10-12-31)7-8-20(25-5)28-23-27-14-17-13-18-22(33)30(6)15-19(24(2,3)4)32(18)21(17)29-23/h7-8,13-14,19,26H,5,9-12,15H2,1-4,6H3,(H,27,28,29)/b16-7+,20-8+/t19-/m1/s1. The summed E-state index contributed by atoms with van der Waals surface area (Å²) in [5.41, 5.74) is 2.53. The molecule has 2 aromatic heterocycles. The molecule has 33 heavy (non-hydrogen) atoms. The zero-order valence-corrected chi connectivity index (χ0v) is 20.2. The molecule has 176 valence electrons. The molecular formula is C24H34N8O. The third kappa shape index (κ3) is 4.64. The Bertz CT molecular complexity index is 1120. The Kier molecular flexibility index (Phi) is 6.25. The van der Waals surface area contributed by atoms with E-state index in [1.165, 1.54) is 5.70 Å². The normalized spacial score (nSPS) is 20.3. The van der Waals surface area contributed by atoms with Crippen molar-refractivity contribution in [2.24, 2.45) is 10.4 Å². The number of allylic oxidation sites excluding steroid dienone is 3. The van der Waals surface area contributed by atoms with E-state index in [0.717, 1.165) is 37.2 Å². The lowest BCUT2D eigenvalue weighted by Crippen LogP contribution is -2.44. The molecule has 1 atom stereocenters. The Morgan fingerprint density at radius 2 is 2.03 bits per heavy atom. The number of nitrogens with zero attached hydrogens (tertiary/aromatic N) is 6. The number of aliphatic imine (C=N–C) groups is 1. The number of aromatic nitrogens is 3. The van der Waals surface area contributed by atoms with Gasteiger partial charge in [0.1, 0.15) is 17.2 Å². The van der Waals surface area contributed by atoms with Crippen LogP contribution in [0.2, 0.25) is 0 Å². The van der Waals surface area contributed by atoms with Gasteiger partial charge in [-0.15, -0.1) is 0 Å². The van der Waals surface area contributed by atoms with Gasteiger partial charge in [0.05, 0.1) is 6.04 Å². The molecule has 4 heterocycles. The summed E-state index contributed by atoms with van der Waals surface area (Å²) in [5.74, 6) is 0.997. The minimum absolute atomic E-state index is 0.00452. The van der Waals surface area contributed by atoms with Crippen LogP contribution >= 0.6 is 0 Å². The van der Waals surface area contributed by atoms with Crippen LogP contribution in [-0.2, 0) is 0 Å². The third-order valence-electron chi connectivity index (χ3n) is 6.41. The Morgan fingerprint density at radius 3 is 2.70 bits per heavy atom. The molecule has 0 aliphatic carbocycles. The zero-order valence-electron chi connectivity index (χ0n) is 20.2. The van der Waals surface area contributed by atoms with Crippen molar-refractivity contribution in [3.8, 4) is 0 Å². The molecule has 4 rings (SSSR count). The molecule has 1 fully saturated rings. The minimum atomic E-state index is -0.0474. The number of hydrogen-bond acceptors (Lipinski definition) is 7. The van der Waals surface area contributed by atoms with Gasteiger partial charge in [0, 0.05) is 57.1 Å². The van der Waals surface area contributed by atoms with E-state index < -0.39 is 0 Å². The third-order valence-corrected chi connectivity index (χ3v) is 6.41. The number of nitrogens with one attached hydrogen (secondary N) is 2. The molecule has 0 aromatic carbocycles. The highest BCUT2D eigenvalue weighted by Crippen LogP contribution is 2.38. The monoisotopic (exact) mass is 450 g/mol. The number of carbonyl (C=O) groups excluding carboxylic acids is 1. The first kappa shape index (κ1) is 23.0. The summed E-state index contributed by atoms with van der Waals surface area (Å²) in [6, 6.07) is 1.99. The summed E-state index contributed by atoms with van der Waals surface area (Å²) in [6.45, 7) is 16.9. The van der Waals surface area contributed by atoms with Gasteiger partial charge in [0.15, 0.2) is 0 Å². The predicted molar refractivity (Wildman–Crippen MR) is 132 cm³/mol. The summed E-state index contributed by atoms with van der Waals surface area (Å²) in [5, 5.41) is 7.38. The zero-order chi connectivity index (χ0) is 23.8. The fraction of sp³-hybridized carbons (Fsp3) is 0.500. The van der Waals surface area contributed by atoms with Gasteiger partial charge in [-0.25, -0.2) is 9.98 Å². The van der Waals surface area contributed by atoms with Gasteiger partial charge in [-0.3, -0.25) is 4.79 Å². The molecular weight excluding hydrogens is 416 g/mol. The lowest BCUT2D eigenvalue weighted by molar-refractivity contribution is 0.0648. The fourth-order valence-electron chi connectivity index (χ4n) is 4.40. The molecule has 1 saturated heterocycles. The molecule has 2 aliphatic heterocycles. The second-order valence-electron chi connectivity index (χ2n) is 9.82. The van der Waals surface area contributed by atoms with Gasteiger partial charge in [0.2, 0.25) is 5.95 Å². The van der Waals surface area contributed by atoms with Crippen molar-refractivity contribution in [1.29, 1.82) is 0 Å². The van der Waals surface area contributed by atoms with Gasteiger partial charge in [0.25, 0.3) is 5.91 Å². The van der Waals surface area contributed by atoms with Crippen LogP contribution in [0.4, 0.5) is 5.95 Å². The lowest BCUT2D eigenvalue weighted by Gasteiger charge is -2.40. The van der Waals surface area contributed by atoms with Crippen LogP contribution in [0.3, 0.4) is 0 Å². The van der Waals surface area contributed by atoms with E-state index in [1.807, 2.05) is 25.3 Å². The Labute approximate surface area is 195 Å². The van der Waals surface area contributed by atoms with Crippen LogP contribution in [0, 0.1) is 5.41 Å². The Morgan fingerprint density at radius 1 is 1.30 bits per heavy atom. The van der Waals surface area contributed by atoms with Crippen LogP contribution < -0.4 is 10.6 Å². The molecule has 1 amide bonds. The van der Waals surface area contributed by atoms with Crippen LogP contribution in [0.5, 0.6) is 0 Å². The van der Waals surface area contributed by atoms with Crippen LogP contribution in [-0.4, -0.2) is 76.7 Å². The van der Waals surface area contributed by atoms with Gasteiger partial charge in [-0.1, -0.05) is 20.8 Å². The van der Waals surface area contributed by atoms with Gasteiger partial charge < -0.3 is 25.0 Å². The second-order valence-corrected chi connectivity index (χ2v) is 9.82. The van der Waals surface area contributed by atoms with E-state index >= 15 is 0 Å². The highest BCUT2D eigenvalue weighted by molar-refractivity contribution is 5.98. The van der Waals surface area contributed by atoms with Crippen LogP contribution in [0.1, 0.15) is 44.2 Å². The molecule has 0 bridgehead atoms. The van der Waals surface area contributed by atoms with Crippen molar-refractivity contribution in [2.75, 3.05) is 45.1 Å². The maximum absolute atomic E-state index is 12.8. The predicted octanol–water partition coefficient (Wildman–Crippen LogP) is 2.87. The molecule has 0 radical (unpaired) electrons. The average Bonchev–Trinajstić information content (AvgIpc) is 3.17. The molecule has 2 N–H and O–H groups in total. The summed E-state index contributed by atoms with van der Waals surface area (Å²) in [6.07, 6.45) is 5.68. The summed E-state index contributed by atoms with van der Waals surface area (Å²) in [7, 11) is 1.85. The van der Waals surface area contributed by atoms with Crippen molar-refractivity contribution in [1.82, 2.24) is 29.7 Å². The van der Waals surface area contributed by atoms with Crippen molar-refractivity contribution in [2.45, 2.75) is 33.7 Å². The number of likely N-dealkylation sites (N-methyl/N-ethyl adjacent to an activating group) is 1. The number of anilines is 1. The highest BCUT2D eigenvalue weighted by atomic mass is 16.2.